The van der Waals surface area contributed by atoms with Gasteiger partial charge in [0.1, 0.15) is 17.8 Å². The van der Waals surface area contributed by atoms with Gasteiger partial charge < -0.3 is 19.0 Å². The highest BCUT2D eigenvalue weighted by molar-refractivity contribution is 8.00. The lowest BCUT2D eigenvalue weighted by molar-refractivity contribution is -0.384. The van der Waals surface area contributed by atoms with Crippen LogP contribution in [0.15, 0.2) is 52.5 Å². The predicted molar refractivity (Wildman–Crippen MR) is 101 cm³/mol. The molecule has 1 unspecified atom stereocenters. The lowest BCUT2D eigenvalue weighted by Crippen LogP contribution is -2.23. The fourth-order valence-corrected chi connectivity index (χ4v) is 3.19. The highest BCUT2D eigenvalue weighted by atomic mass is 32.2. The van der Waals surface area contributed by atoms with Gasteiger partial charge in [-0.15, -0.1) is 10.2 Å². The molecule has 1 aromatic carbocycles. The van der Waals surface area contributed by atoms with Crippen LogP contribution in [0.3, 0.4) is 0 Å². The molecule has 3 rings (SSSR count). The van der Waals surface area contributed by atoms with Crippen molar-refractivity contribution in [2.75, 3.05) is 12.4 Å². The Labute approximate surface area is 164 Å². The molecule has 11 heteroatoms. The minimum Gasteiger partial charge on any atom is -0.495 e. The molecule has 1 amide bonds. The Bertz CT molecular complexity index is 972. The summed E-state index contributed by atoms with van der Waals surface area (Å²) in [5.41, 5.74) is 0.0841. The van der Waals surface area contributed by atoms with Crippen molar-refractivity contribution in [3.63, 3.8) is 0 Å². The van der Waals surface area contributed by atoms with Crippen LogP contribution in [0.5, 0.6) is 5.75 Å². The van der Waals surface area contributed by atoms with Crippen LogP contribution in [0.1, 0.15) is 12.7 Å². The van der Waals surface area contributed by atoms with Crippen molar-refractivity contribution in [3.8, 4) is 5.75 Å². The van der Waals surface area contributed by atoms with Crippen molar-refractivity contribution < 1.29 is 18.9 Å². The van der Waals surface area contributed by atoms with Gasteiger partial charge >= 0.3 is 0 Å². The summed E-state index contributed by atoms with van der Waals surface area (Å²) in [5.74, 6) is 0.716. The van der Waals surface area contributed by atoms with Crippen molar-refractivity contribution in [2.45, 2.75) is 23.9 Å². The van der Waals surface area contributed by atoms with E-state index in [0.29, 0.717) is 17.5 Å². The van der Waals surface area contributed by atoms with E-state index in [4.69, 9.17) is 9.15 Å². The maximum Gasteiger partial charge on any atom is 0.271 e. The van der Waals surface area contributed by atoms with Gasteiger partial charge in [0.2, 0.25) is 5.91 Å². The molecule has 0 fully saturated rings. The molecule has 0 radical (unpaired) electrons. The number of benzene rings is 1. The van der Waals surface area contributed by atoms with Crippen LogP contribution >= 0.6 is 11.8 Å². The van der Waals surface area contributed by atoms with E-state index in [1.165, 1.54) is 37.1 Å². The molecule has 2 heterocycles. The summed E-state index contributed by atoms with van der Waals surface area (Å²) < 4.78 is 12.2. The molecular weight excluding hydrogens is 386 g/mol. The number of carbonyl (C=O) groups excluding carboxylic acids is 1. The van der Waals surface area contributed by atoms with Crippen molar-refractivity contribution in [1.29, 1.82) is 0 Å². The average Bonchev–Trinajstić information content (AvgIpc) is 3.34. The van der Waals surface area contributed by atoms with E-state index in [-0.39, 0.29) is 17.3 Å². The Morgan fingerprint density at radius 3 is 2.96 bits per heavy atom. The second kappa shape index (κ2) is 8.57. The first kappa shape index (κ1) is 19.4. The molecule has 0 spiro atoms. The maximum atomic E-state index is 12.6. The van der Waals surface area contributed by atoms with Gasteiger partial charge in [0.25, 0.3) is 5.69 Å². The van der Waals surface area contributed by atoms with Gasteiger partial charge in [-0.05, 0) is 25.1 Å². The topological polar surface area (TPSA) is 125 Å². The van der Waals surface area contributed by atoms with Gasteiger partial charge in [-0.1, -0.05) is 11.8 Å². The average molecular weight is 403 g/mol. The second-order valence-electron chi connectivity index (χ2n) is 5.71. The minimum absolute atomic E-state index is 0.144. The predicted octanol–water partition coefficient (Wildman–Crippen LogP) is 2.96. The molecule has 0 saturated heterocycles. The first-order valence-electron chi connectivity index (χ1n) is 8.18. The van der Waals surface area contributed by atoms with Gasteiger partial charge in [0.05, 0.1) is 35.8 Å². The number of carbonyl (C=O) groups is 1. The van der Waals surface area contributed by atoms with E-state index in [2.05, 4.69) is 15.5 Å². The highest BCUT2D eigenvalue weighted by Crippen LogP contribution is 2.30. The summed E-state index contributed by atoms with van der Waals surface area (Å²) in [7, 11) is 1.42. The highest BCUT2D eigenvalue weighted by Gasteiger charge is 2.21. The number of hydrogen-bond donors (Lipinski definition) is 1. The number of ether oxygens (including phenoxy) is 1. The fourth-order valence-electron chi connectivity index (χ4n) is 2.37. The number of hydrogen-bond acceptors (Lipinski definition) is 8. The number of amides is 1. The summed E-state index contributed by atoms with van der Waals surface area (Å²) in [6.45, 7) is 2.14. The molecule has 0 aliphatic heterocycles. The van der Waals surface area contributed by atoms with Crippen LogP contribution in [0, 0.1) is 10.1 Å². The first-order chi connectivity index (χ1) is 13.5. The Morgan fingerprint density at radius 2 is 2.29 bits per heavy atom. The number of aromatic nitrogens is 3. The third-order valence-corrected chi connectivity index (χ3v) is 4.88. The van der Waals surface area contributed by atoms with E-state index < -0.39 is 10.2 Å². The smallest absolute Gasteiger partial charge is 0.271 e. The first-order valence-corrected chi connectivity index (χ1v) is 9.06. The Morgan fingerprint density at radius 1 is 1.46 bits per heavy atom. The van der Waals surface area contributed by atoms with E-state index in [0.717, 1.165) is 5.76 Å². The third-order valence-electron chi connectivity index (χ3n) is 3.79. The van der Waals surface area contributed by atoms with Crippen LogP contribution in [0.2, 0.25) is 0 Å². The van der Waals surface area contributed by atoms with Crippen LogP contribution in [0.4, 0.5) is 11.4 Å². The minimum atomic E-state index is -0.538. The zero-order valence-electron chi connectivity index (χ0n) is 15.1. The Hall–Kier alpha value is -3.34. The van der Waals surface area contributed by atoms with Crippen molar-refractivity contribution in [1.82, 2.24) is 14.8 Å². The van der Waals surface area contributed by atoms with E-state index in [1.807, 2.05) is 6.07 Å². The number of nitrogens with zero attached hydrogens (tertiary/aromatic N) is 4. The number of methoxy groups -OCH3 is 1. The Balaban J connectivity index is 1.70. The fraction of sp³-hybridized carbons (Fsp3) is 0.235. The lowest BCUT2D eigenvalue weighted by atomic mass is 10.2. The molecule has 28 heavy (non-hydrogen) atoms. The number of nitrogens with one attached hydrogen (secondary N) is 1. The molecule has 0 aliphatic carbocycles. The van der Waals surface area contributed by atoms with Gasteiger partial charge in [0.15, 0.2) is 5.16 Å². The normalized spacial score (nSPS) is 11.8. The summed E-state index contributed by atoms with van der Waals surface area (Å²) >= 11 is 1.21. The zero-order valence-corrected chi connectivity index (χ0v) is 15.9. The number of non-ortho nitro benzene ring substituents is 1. The Kier molecular flexibility index (Phi) is 5.94. The van der Waals surface area contributed by atoms with E-state index in [9.17, 15) is 14.9 Å². The third kappa shape index (κ3) is 4.49. The second-order valence-corrected chi connectivity index (χ2v) is 7.02. The molecule has 1 atom stereocenters. The van der Waals surface area contributed by atoms with Crippen molar-refractivity contribution in [2.24, 2.45) is 0 Å². The summed E-state index contributed by atoms with van der Waals surface area (Å²) in [6.07, 6.45) is 3.13. The van der Waals surface area contributed by atoms with Gasteiger partial charge in [-0.3, -0.25) is 14.9 Å². The monoisotopic (exact) mass is 403 g/mol. The molecule has 146 valence electrons. The molecular formula is C17H17N5O5S. The summed E-state index contributed by atoms with van der Waals surface area (Å²) in [4.78, 5) is 23.0. The maximum absolute atomic E-state index is 12.6. The molecule has 10 nitrogen and oxygen atoms in total. The van der Waals surface area contributed by atoms with Crippen LogP contribution in [0.25, 0.3) is 0 Å². The van der Waals surface area contributed by atoms with Crippen LogP contribution in [-0.4, -0.2) is 38.0 Å². The van der Waals surface area contributed by atoms with E-state index >= 15 is 0 Å². The molecule has 0 aliphatic rings. The number of thioether (sulfide) groups is 1. The number of anilines is 1. The SMILES string of the molecule is COc1ccc([N+](=O)[O-])cc1NC(=O)C(C)Sc1nncn1Cc1ccco1. The van der Waals surface area contributed by atoms with Gasteiger partial charge in [0, 0.05) is 12.1 Å². The quantitative estimate of drug-likeness (QED) is 0.346. The number of furan rings is 1. The van der Waals surface area contributed by atoms with E-state index in [1.54, 1.807) is 30.1 Å². The standard InChI is InChI=1S/C17H17N5O5S/c1-11(28-17-20-18-10-21(17)9-13-4-3-7-27-13)16(23)19-14-8-12(22(24)25)5-6-15(14)26-2/h3-8,10-11H,9H2,1-2H3,(H,19,23). The summed E-state index contributed by atoms with van der Waals surface area (Å²) in [5, 5.41) is 21.6. The number of nitro groups is 1. The summed E-state index contributed by atoms with van der Waals surface area (Å²) in [6, 6.07) is 7.62. The molecule has 0 saturated carbocycles. The number of rotatable bonds is 8. The van der Waals surface area contributed by atoms with Crippen LogP contribution in [-0.2, 0) is 11.3 Å². The molecule has 3 aromatic rings. The molecule has 0 bridgehead atoms. The lowest BCUT2D eigenvalue weighted by Gasteiger charge is -2.14. The van der Waals surface area contributed by atoms with Crippen molar-refractivity contribution in [3.05, 3.63) is 58.8 Å². The van der Waals surface area contributed by atoms with Crippen molar-refractivity contribution >= 4 is 29.0 Å². The van der Waals surface area contributed by atoms with Gasteiger partial charge in [-0.25, -0.2) is 0 Å². The zero-order chi connectivity index (χ0) is 20.1. The van der Waals surface area contributed by atoms with Gasteiger partial charge in [-0.2, -0.15) is 0 Å². The van der Waals surface area contributed by atoms with Crippen LogP contribution < -0.4 is 10.1 Å². The number of nitro benzene ring substituents is 1. The molecule has 1 N–H and O–H groups in total. The largest absolute Gasteiger partial charge is 0.495 e. The molecule has 2 aromatic heterocycles.